The fourth-order valence-corrected chi connectivity index (χ4v) is 5.00. The maximum Gasteiger partial charge on any atom is 0.115 e. The van der Waals surface area contributed by atoms with Crippen LogP contribution in [0.1, 0.15) is 36.6 Å². The minimum atomic E-state index is 0.176. The quantitative estimate of drug-likeness (QED) is 0.306. The Kier molecular flexibility index (Phi) is 9.43. The highest BCUT2D eigenvalue weighted by Gasteiger charge is 2.35. The van der Waals surface area contributed by atoms with Crippen molar-refractivity contribution in [3.8, 4) is 5.75 Å². The highest BCUT2D eigenvalue weighted by molar-refractivity contribution is 15.0. The van der Waals surface area contributed by atoms with Crippen LogP contribution in [-0.4, -0.2) is 40.1 Å². The Hall–Kier alpha value is -0.680. The molecule has 4 rings (SSSR count). The van der Waals surface area contributed by atoms with Crippen molar-refractivity contribution in [1.82, 2.24) is 9.80 Å². The molecule has 0 amide bonds. The molecule has 1 fully saturated rings. The molecule has 3 atom stereocenters. The third-order valence-electron chi connectivity index (χ3n) is 5.77. The van der Waals surface area contributed by atoms with E-state index in [2.05, 4.69) is 114 Å². The minimum absolute atomic E-state index is 0.176. The van der Waals surface area contributed by atoms with Gasteiger partial charge in [0.05, 0.1) is 6.04 Å². The predicted molar refractivity (Wildman–Crippen MR) is 145 cm³/mol. The molecule has 2 heterocycles. The number of thiophene rings is 1. The molecule has 1 aliphatic rings. The van der Waals surface area contributed by atoms with E-state index in [1.807, 2.05) is 12.1 Å². The maximum absolute atomic E-state index is 10.1. The molecule has 3 aromatic rings. The van der Waals surface area contributed by atoms with E-state index in [4.69, 9.17) is 0 Å². The highest BCUT2D eigenvalue weighted by atomic mass is 128. The van der Waals surface area contributed by atoms with Crippen molar-refractivity contribution in [2.45, 2.75) is 38.5 Å². The van der Waals surface area contributed by atoms with E-state index in [1.165, 1.54) is 11.1 Å². The normalized spacial score (nSPS) is 20.9. The standard InChI is InChI=1S/C24H28N2OS.I2/c1-18-15-26(19(2)14-25(18)16-20-7-4-3-5-8-20)24(22-11-12-28-17-22)21-9-6-10-23(27)13-21;1-2/h3-13,17-19,24,27H,14-16H2,1-2H3;/t18-,19+,24+;/m1./s1. The monoisotopic (exact) mass is 646 g/mol. The first-order valence-electron chi connectivity index (χ1n) is 10.1. The van der Waals surface area contributed by atoms with E-state index >= 15 is 0 Å². The Labute approximate surface area is 207 Å². The number of benzene rings is 2. The Morgan fingerprint density at radius 1 is 0.967 bits per heavy atom. The highest BCUT2D eigenvalue weighted by Crippen LogP contribution is 2.35. The third kappa shape index (κ3) is 5.97. The lowest BCUT2D eigenvalue weighted by atomic mass is 9.95. The molecule has 0 spiro atoms. The van der Waals surface area contributed by atoms with Gasteiger partial charge >= 0.3 is 0 Å². The van der Waals surface area contributed by atoms with Gasteiger partial charge in [-0.2, -0.15) is 11.3 Å². The van der Waals surface area contributed by atoms with Crippen LogP contribution in [0, 0.1) is 0 Å². The van der Waals surface area contributed by atoms with Crippen molar-refractivity contribution in [2.75, 3.05) is 13.1 Å². The predicted octanol–water partition coefficient (Wildman–Crippen LogP) is 6.91. The van der Waals surface area contributed by atoms with Crippen LogP contribution in [-0.2, 0) is 6.54 Å². The maximum atomic E-state index is 10.1. The van der Waals surface area contributed by atoms with Crippen LogP contribution >= 0.6 is 48.6 Å². The first-order valence-corrected chi connectivity index (χ1v) is 17.3. The summed E-state index contributed by atoms with van der Waals surface area (Å²) in [5.74, 6) is 0.334. The van der Waals surface area contributed by atoms with Crippen LogP contribution in [0.4, 0.5) is 0 Å². The summed E-state index contributed by atoms with van der Waals surface area (Å²) in [5.41, 5.74) is 3.84. The number of hydrogen-bond donors (Lipinski definition) is 1. The van der Waals surface area contributed by atoms with E-state index < -0.39 is 0 Å². The lowest BCUT2D eigenvalue weighted by molar-refractivity contribution is 0.0196. The van der Waals surface area contributed by atoms with Gasteiger partial charge in [-0.3, -0.25) is 9.80 Å². The fourth-order valence-electron chi connectivity index (χ4n) is 4.32. The molecule has 0 unspecified atom stereocenters. The number of piperazine rings is 1. The van der Waals surface area contributed by atoms with E-state index in [1.54, 1.807) is 17.4 Å². The summed E-state index contributed by atoms with van der Waals surface area (Å²) < 4.78 is 0. The van der Waals surface area contributed by atoms with E-state index in [0.717, 1.165) is 25.2 Å². The van der Waals surface area contributed by atoms with Gasteiger partial charge in [-0.15, -0.1) is 0 Å². The zero-order valence-corrected chi connectivity index (χ0v) is 22.4. The summed E-state index contributed by atoms with van der Waals surface area (Å²) in [5, 5.41) is 14.4. The summed E-state index contributed by atoms with van der Waals surface area (Å²) in [7, 11) is 0. The fraction of sp³-hybridized carbons (Fsp3) is 0.333. The SMILES string of the molecule is C[C@@H]1CN([C@H](c2ccsc2)c2cccc(O)c2)[C@@H](C)CN1Cc1ccccc1.II. The zero-order valence-electron chi connectivity index (χ0n) is 17.3. The lowest BCUT2D eigenvalue weighted by Gasteiger charge is -2.47. The number of hydrogen-bond acceptors (Lipinski definition) is 4. The molecule has 1 saturated heterocycles. The minimum Gasteiger partial charge on any atom is -0.508 e. The van der Waals surface area contributed by atoms with Gasteiger partial charge in [0.15, 0.2) is 0 Å². The third-order valence-corrected chi connectivity index (χ3v) is 6.47. The molecule has 1 N–H and O–H groups in total. The first kappa shape index (κ1) is 24.0. The van der Waals surface area contributed by atoms with E-state index in [-0.39, 0.29) is 6.04 Å². The molecule has 0 bridgehead atoms. The summed E-state index contributed by atoms with van der Waals surface area (Å²) in [6, 6.07) is 21.8. The average Bonchev–Trinajstić information content (AvgIpc) is 3.28. The van der Waals surface area contributed by atoms with Gasteiger partial charge in [0.1, 0.15) is 5.75 Å². The largest absolute Gasteiger partial charge is 0.508 e. The average molecular weight is 646 g/mol. The van der Waals surface area contributed by atoms with E-state index in [0.29, 0.717) is 17.8 Å². The first-order chi connectivity index (χ1) is 14.6. The van der Waals surface area contributed by atoms with Crippen LogP contribution < -0.4 is 0 Å². The van der Waals surface area contributed by atoms with Crippen LogP contribution in [0.2, 0.25) is 0 Å². The Morgan fingerprint density at radius 2 is 1.73 bits per heavy atom. The van der Waals surface area contributed by atoms with Crippen LogP contribution in [0.5, 0.6) is 5.75 Å². The van der Waals surface area contributed by atoms with Gasteiger partial charge < -0.3 is 5.11 Å². The molecule has 0 radical (unpaired) electrons. The molecule has 1 aromatic heterocycles. The number of halogens is 2. The molecular formula is C24H28I2N2OS. The Balaban J connectivity index is 0.00000124. The van der Waals surface area contributed by atoms with Gasteiger partial charge in [-0.25, -0.2) is 0 Å². The summed E-state index contributed by atoms with van der Waals surface area (Å²) in [4.78, 5) is 5.19. The summed E-state index contributed by atoms with van der Waals surface area (Å²) in [6.45, 7) is 7.69. The van der Waals surface area contributed by atoms with Crippen molar-refractivity contribution in [2.24, 2.45) is 0 Å². The molecule has 0 aliphatic carbocycles. The van der Waals surface area contributed by atoms with Crippen molar-refractivity contribution in [3.63, 3.8) is 0 Å². The number of aromatic hydroxyl groups is 1. The molecule has 160 valence electrons. The summed E-state index contributed by atoms with van der Waals surface area (Å²) in [6.07, 6.45) is 0. The molecule has 30 heavy (non-hydrogen) atoms. The van der Waals surface area contributed by atoms with Gasteiger partial charge in [-0.05, 0) is 59.5 Å². The van der Waals surface area contributed by atoms with Gasteiger partial charge in [0.25, 0.3) is 0 Å². The van der Waals surface area contributed by atoms with E-state index in [9.17, 15) is 5.11 Å². The zero-order chi connectivity index (χ0) is 21.5. The topological polar surface area (TPSA) is 26.7 Å². The van der Waals surface area contributed by atoms with Gasteiger partial charge in [0, 0.05) is 68.9 Å². The van der Waals surface area contributed by atoms with Crippen molar-refractivity contribution < 1.29 is 5.11 Å². The lowest BCUT2D eigenvalue weighted by Crippen LogP contribution is -2.56. The number of nitrogens with zero attached hydrogens (tertiary/aromatic N) is 2. The van der Waals surface area contributed by atoms with Crippen LogP contribution in [0.3, 0.4) is 0 Å². The number of phenolic OH excluding ortho intramolecular Hbond substituents is 1. The van der Waals surface area contributed by atoms with Crippen molar-refractivity contribution in [1.29, 1.82) is 0 Å². The molecule has 2 aromatic carbocycles. The van der Waals surface area contributed by atoms with Crippen LogP contribution in [0.15, 0.2) is 71.4 Å². The molecule has 1 aliphatic heterocycles. The van der Waals surface area contributed by atoms with Crippen LogP contribution in [0.25, 0.3) is 0 Å². The Morgan fingerprint density at radius 3 is 2.40 bits per heavy atom. The molecule has 0 saturated carbocycles. The molecule has 6 heteroatoms. The Bertz CT molecular complexity index is 891. The second-order valence-electron chi connectivity index (χ2n) is 7.86. The van der Waals surface area contributed by atoms with Gasteiger partial charge in [0.2, 0.25) is 0 Å². The molecule has 3 nitrogen and oxygen atoms in total. The second-order valence-corrected chi connectivity index (χ2v) is 8.64. The van der Waals surface area contributed by atoms with Gasteiger partial charge in [-0.1, -0.05) is 42.5 Å². The van der Waals surface area contributed by atoms with Crippen molar-refractivity contribution >= 4 is 48.6 Å². The number of phenols is 1. The number of rotatable bonds is 5. The summed E-state index contributed by atoms with van der Waals surface area (Å²) >= 11 is 5.98. The molecular weight excluding hydrogens is 618 g/mol. The smallest absolute Gasteiger partial charge is 0.115 e. The van der Waals surface area contributed by atoms with Crippen molar-refractivity contribution in [3.05, 3.63) is 88.1 Å². The second kappa shape index (κ2) is 11.8.